The Bertz CT molecular complexity index is 642. The number of carbonyl (C=O) groups excluding carboxylic acids is 1. The molecular weight excluding hydrogens is 292 g/mol. The van der Waals surface area contributed by atoms with Gasteiger partial charge in [0.15, 0.2) is 0 Å². The average Bonchev–Trinajstić information content (AvgIpc) is 3.10. The summed E-state index contributed by atoms with van der Waals surface area (Å²) in [6.07, 6.45) is 2.66. The van der Waals surface area contributed by atoms with Crippen LogP contribution in [0.15, 0.2) is 47.1 Å². The zero-order valence-electron chi connectivity index (χ0n) is 13.2. The number of amides is 1. The highest BCUT2D eigenvalue weighted by atomic mass is 16.5. The van der Waals surface area contributed by atoms with E-state index in [0.29, 0.717) is 38.1 Å². The lowest BCUT2D eigenvalue weighted by molar-refractivity contribution is -0.132. The normalized spacial score (nSPS) is 10.3. The van der Waals surface area contributed by atoms with Gasteiger partial charge in [-0.05, 0) is 36.2 Å². The molecule has 0 unspecified atom stereocenters. The van der Waals surface area contributed by atoms with E-state index in [0.717, 1.165) is 11.3 Å². The van der Waals surface area contributed by atoms with Crippen LogP contribution in [0.1, 0.15) is 23.3 Å². The molecule has 2 aromatic rings. The van der Waals surface area contributed by atoms with Crippen molar-refractivity contribution in [1.29, 1.82) is 5.26 Å². The minimum atomic E-state index is 0.0582. The fourth-order valence-electron chi connectivity index (χ4n) is 2.24. The monoisotopic (exact) mass is 312 g/mol. The molecule has 2 rings (SSSR count). The molecular formula is C18H20N2O3. The third-order valence-corrected chi connectivity index (χ3v) is 3.56. The van der Waals surface area contributed by atoms with Crippen molar-refractivity contribution < 1.29 is 13.9 Å². The third kappa shape index (κ3) is 5.28. The van der Waals surface area contributed by atoms with Crippen LogP contribution < -0.4 is 0 Å². The summed E-state index contributed by atoms with van der Waals surface area (Å²) < 4.78 is 10.4. The molecule has 0 aliphatic carbocycles. The van der Waals surface area contributed by atoms with Crippen LogP contribution in [0.25, 0.3) is 0 Å². The summed E-state index contributed by atoms with van der Waals surface area (Å²) in [5.41, 5.74) is 1.67. The van der Waals surface area contributed by atoms with Crippen molar-refractivity contribution in [2.45, 2.75) is 19.4 Å². The van der Waals surface area contributed by atoms with E-state index in [4.69, 9.17) is 14.4 Å². The fourth-order valence-corrected chi connectivity index (χ4v) is 2.24. The second kappa shape index (κ2) is 8.76. The van der Waals surface area contributed by atoms with Crippen LogP contribution in [-0.2, 0) is 22.5 Å². The average molecular weight is 312 g/mol. The molecule has 0 spiro atoms. The number of hydrogen-bond donors (Lipinski definition) is 0. The first-order valence-electron chi connectivity index (χ1n) is 7.51. The Labute approximate surface area is 136 Å². The summed E-state index contributed by atoms with van der Waals surface area (Å²) in [7, 11) is 1.62. The third-order valence-electron chi connectivity index (χ3n) is 3.56. The molecule has 5 nitrogen and oxygen atoms in total. The Kier molecular flexibility index (Phi) is 6.40. The van der Waals surface area contributed by atoms with Gasteiger partial charge in [0.05, 0.1) is 31.0 Å². The lowest BCUT2D eigenvalue weighted by Crippen LogP contribution is -2.33. The Morgan fingerprint density at radius 1 is 1.30 bits per heavy atom. The predicted molar refractivity (Wildman–Crippen MR) is 85.5 cm³/mol. The van der Waals surface area contributed by atoms with Gasteiger partial charge in [0.25, 0.3) is 0 Å². The number of aryl methyl sites for hydroxylation is 1. The Morgan fingerprint density at radius 3 is 2.70 bits per heavy atom. The maximum atomic E-state index is 12.4. The summed E-state index contributed by atoms with van der Waals surface area (Å²) in [5.74, 6) is 0.815. The first-order chi connectivity index (χ1) is 11.2. The van der Waals surface area contributed by atoms with Crippen molar-refractivity contribution in [3.8, 4) is 6.07 Å². The van der Waals surface area contributed by atoms with Gasteiger partial charge in [-0.1, -0.05) is 12.1 Å². The molecule has 5 heteroatoms. The second-order valence-corrected chi connectivity index (χ2v) is 5.20. The van der Waals surface area contributed by atoms with E-state index in [9.17, 15) is 4.79 Å². The van der Waals surface area contributed by atoms with Gasteiger partial charge in [-0.25, -0.2) is 0 Å². The number of methoxy groups -OCH3 is 1. The van der Waals surface area contributed by atoms with Gasteiger partial charge in [-0.2, -0.15) is 5.26 Å². The van der Waals surface area contributed by atoms with E-state index >= 15 is 0 Å². The highest BCUT2D eigenvalue weighted by molar-refractivity contribution is 5.76. The van der Waals surface area contributed by atoms with Gasteiger partial charge in [0, 0.05) is 20.1 Å². The number of nitrogens with zero attached hydrogens (tertiary/aromatic N) is 2. The maximum Gasteiger partial charge on any atom is 0.223 e. The number of furan rings is 1. The Morgan fingerprint density at radius 2 is 2.09 bits per heavy atom. The van der Waals surface area contributed by atoms with Crippen molar-refractivity contribution >= 4 is 5.91 Å². The van der Waals surface area contributed by atoms with Crippen molar-refractivity contribution in [2.75, 3.05) is 20.3 Å². The van der Waals surface area contributed by atoms with E-state index in [1.807, 2.05) is 24.3 Å². The zero-order valence-corrected chi connectivity index (χ0v) is 13.2. The minimum Gasteiger partial charge on any atom is -0.467 e. The fraction of sp³-hybridized carbons (Fsp3) is 0.333. The molecule has 1 amide bonds. The van der Waals surface area contributed by atoms with Gasteiger partial charge in [-0.3, -0.25) is 4.79 Å². The molecule has 0 bridgehead atoms. The molecule has 0 saturated carbocycles. The van der Waals surface area contributed by atoms with E-state index in [2.05, 4.69) is 6.07 Å². The van der Waals surface area contributed by atoms with E-state index < -0.39 is 0 Å². The first-order valence-corrected chi connectivity index (χ1v) is 7.51. The van der Waals surface area contributed by atoms with Gasteiger partial charge >= 0.3 is 0 Å². The van der Waals surface area contributed by atoms with Crippen molar-refractivity contribution in [3.05, 3.63) is 59.5 Å². The van der Waals surface area contributed by atoms with Crippen LogP contribution in [0.5, 0.6) is 0 Å². The van der Waals surface area contributed by atoms with Gasteiger partial charge in [0.1, 0.15) is 5.76 Å². The van der Waals surface area contributed by atoms with Crippen LogP contribution in [0.3, 0.4) is 0 Å². The number of nitriles is 1. The van der Waals surface area contributed by atoms with Crippen LogP contribution >= 0.6 is 0 Å². The quantitative estimate of drug-likeness (QED) is 0.751. The largest absolute Gasteiger partial charge is 0.467 e. The highest BCUT2D eigenvalue weighted by Gasteiger charge is 2.15. The molecule has 0 aliphatic heterocycles. The number of benzene rings is 1. The van der Waals surface area contributed by atoms with Crippen LogP contribution in [0.4, 0.5) is 0 Å². The molecule has 0 N–H and O–H groups in total. The Hall–Kier alpha value is -2.58. The molecule has 0 fully saturated rings. The molecule has 1 aromatic heterocycles. The summed E-state index contributed by atoms with van der Waals surface area (Å²) in [6.45, 7) is 1.47. The smallest absolute Gasteiger partial charge is 0.223 e. The minimum absolute atomic E-state index is 0.0582. The molecule has 1 heterocycles. The molecule has 120 valence electrons. The lowest BCUT2D eigenvalue weighted by Gasteiger charge is -2.21. The maximum absolute atomic E-state index is 12.4. The van der Waals surface area contributed by atoms with E-state index in [-0.39, 0.29) is 5.91 Å². The number of hydrogen-bond acceptors (Lipinski definition) is 4. The molecule has 0 radical (unpaired) electrons. The van der Waals surface area contributed by atoms with Gasteiger partial charge in [0.2, 0.25) is 5.91 Å². The summed E-state index contributed by atoms with van der Waals surface area (Å²) in [5, 5.41) is 8.79. The van der Waals surface area contributed by atoms with Crippen LogP contribution in [-0.4, -0.2) is 31.1 Å². The Balaban J connectivity index is 1.92. The van der Waals surface area contributed by atoms with Gasteiger partial charge < -0.3 is 14.1 Å². The summed E-state index contributed by atoms with van der Waals surface area (Å²) in [6, 6.07) is 13.1. The number of ether oxygens (including phenoxy) is 1. The predicted octanol–water partition coefficient (Wildman–Crippen LogP) is 2.76. The second-order valence-electron chi connectivity index (χ2n) is 5.20. The number of carbonyl (C=O) groups is 1. The van der Waals surface area contributed by atoms with Gasteiger partial charge in [-0.15, -0.1) is 0 Å². The molecule has 0 saturated heterocycles. The molecule has 0 aliphatic rings. The summed E-state index contributed by atoms with van der Waals surface area (Å²) >= 11 is 0. The van der Waals surface area contributed by atoms with Crippen LogP contribution in [0, 0.1) is 11.3 Å². The lowest BCUT2D eigenvalue weighted by atomic mass is 10.1. The van der Waals surface area contributed by atoms with Crippen molar-refractivity contribution in [2.24, 2.45) is 0 Å². The molecule has 0 atom stereocenters. The van der Waals surface area contributed by atoms with Crippen molar-refractivity contribution in [3.63, 3.8) is 0 Å². The van der Waals surface area contributed by atoms with Crippen molar-refractivity contribution in [1.82, 2.24) is 4.90 Å². The number of rotatable bonds is 8. The topological polar surface area (TPSA) is 66.5 Å². The first kappa shape index (κ1) is 16.8. The highest BCUT2D eigenvalue weighted by Crippen LogP contribution is 2.10. The molecule has 23 heavy (non-hydrogen) atoms. The van der Waals surface area contributed by atoms with E-state index in [1.54, 1.807) is 30.4 Å². The van der Waals surface area contributed by atoms with E-state index in [1.165, 1.54) is 0 Å². The summed E-state index contributed by atoms with van der Waals surface area (Å²) in [4.78, 5) is 14.2. The zero-order chi connectivity index (χ0) is 16.5. The SMILES string of the molecule is COCCN(Cc1ccco1)C(=O)CCc1ccc(C#N)cc1. The standard InChI is InChI=1S/C18H20N2O3/c1-22-12-10-20(14-17-3-2-11-23-17)18(21)9-8-15-4-6-16(13-19)7-5-15/h2-7,11H,8-10,12,14H2,1H3. The molecule has 1 aromatic carbocycles. The van der Waals surface area contributed by atoms with Crippen LogP contribution in [0.2, 0.25) is 0 Å².